The van der Waals surface area contributed by atoms with Gasteiger partial charge in [-0.2, -0.15) is 0 Å². The molecule has 118 valence electrons. The van der Waals surface area contributed by atoms with E-state index in [9.17, 15) is 9.59 Å². The molecule has 6 nitrogen and oxygen atoms in total. The van der Waals surface area contributed by atoms with Crippen molar-refractivity contribution in [3.63, 3.8) is 0 Å². The fraction of sp³-hybridized carbons (Fsp3) is 0.846. The first-order valence-electron chi connectivity index (χ1n) is 6.75. The van der Waals surface area contributed by atoms with Crippen molar-refractivity contribution < 1.29 is 28.1 Å². The standard InChI is InChI=1S/C13H25O6P/c1-6-7-20(18-8-16-12(14)10(2)3)19-9-17-13(15)11(4)5/h10-11H,6-9H2,1-5H3. The summed E-state index contributed by atoms with van der Waals surface area (Å²) in [4.78, 5) is 22.5. The maximum absolute atomic E-state index is 11.3. The first kappa shape index (κ1) is 19.3. The molecule has 0 spiro atoms. The lowest BCUT2D eigenvalue weighted by Crippen LogP contribution is -2.15. The van der Waals surface area contributed by atoms with E-state index in [1.54, 1.807) is 27.7 Å². The van der Waals surface area contributed by atoms with Crippen molar-refractivity contribution >= 4 is 20.3 Å². The molecule has 0 rings (SSSR count). The Morgan fingerprint density at radius 2 is 1.30 bits per heavy atom. The van der Waals surface area contributed by atoms with Gasteiger partial charge in [-0.25, -0.2) is 0 Å². The van der Waals surface area contributed by atoms with Gasteiger partial charge in [-0.3, -0.25) is 18.6 Å². The predicted octanol–water partition coefficient (Wildman–Crippen LogP) is 3.05. The maximum Gasteiger partial charge on any atom is 0.310 e. The molecule has 20 heavy (non-hydrogen) atoms. The molecular weight excluding hydrogens is 283 g/mol. The molecule has 7 heteroatoms. The number of hydrogen-bond acceptors (Lipinski definition) is 6. The molecule has 0 amide bonds. The Hall–Kier alpha value is -0.710. The molecule has 0 N–H and O–H groups in total. The van der Waals surface area contributed by atoms with Crippen molar-refractivity contribution in [3.8, 4) is 0 Å². The molecule has 0 aromatic carbocycles. The largest absolute Gasteiger partial charge is 0.438 e. The highest BCUT2D eigenvalue weighted by atomic mass is 31.2. The van der Waals surface area contributed by atoms with Crippen molar-refractivity contribution in [2.45, 2.75) is 41.0 Å². The number of carbonyl (C=O) groups excluding carboxylic acids is 2. The Morgan fingerprint density at radius 3 is 1.60 bits per heavy atom. The van der Waals surface area contributed by atoms with Crippen molar-refractivity contribution in [2.75, 3.05) is 19.7 Å². The minimum atomic E-state index is -1.22. The van der Waals surface area contributed by atoms with Gasteiger partial charge in [0.25, 0.3) is 0 Å². The first-order chi connectivity index (χ1) is 9.38. The van der Waals surface area contributed by atoms with E-state index in [4.69, 9.17) is 18.5 Å². The third-order valence-corrected chi connectivity index (χ3v) is 3.74. The quantitative estimate of drug-likeness (QED) is 0.351. The second-order valence-electron chi connectivity index (χ2n) is 4.79. The van der Waals surface area contributed by atoms with Gasteiger partial charge in [0.05, 0.1) is 11.8 Å². The smallest absolute Gasteiger partial charge is 0.310 e. The lowest BCUT2D eigenvalue weighted by atomic mass is 10.2. The Labute approximate surface area is 122 Å². The summed E-state index contributed by atoms with van der Waals surface area (Å²) in [6.07, 6.45) is 1.55. The van der Waals surface area contributed by atoms with E-state index in [1.165, 1.54) is 0 Å². The molecule has 0 fully saturated rings. The monoisotopic (exact) mass is 308 g/mol. The second-order valence-corrected chi connectivity index (χ2v) is 6.42. The summed E-state index contributed by atoms with van der Waals surface area (Å²) in [7, 11) is -1.22. The summed E-state index contributed by atoms with van der Waals surface area (Å²) < 4.78 is 20.5. The van der Waals surface area contributed by atoms with Crippen LogP contribution in [0.1, 0.15) is 41.0 Å². The molecular formula is C13H25O6P. The van der Waals surface area contributed by atoms with E-state index in [1.807, 2.05) is 6.92 Å². The van der Waals surface area contributed by atoms with Crippen LogP contribution in [0.4, 0.5) is 0 Å². The van der Waals surface area contributed by atoms with Crippen LogP contribution in [0.3, 0.4) is 0 Å². The summed E-state index contributed by atoms with van der Waals surface area (Å²) in [5.74, 6) is -1.02. The van der Waals surface area contributed by atoms with E-state index in [0.29, 0.717) is 6.16 Å². The lowest BCUT2D eigenvalue weighted by molar-refractivity contribution is -0.155. The fourth-order valence-corrected chi connectivity index (χ4v) is 2.01. The van der Waals surface area contributed by atoms with Crippen LogP contribution >= 0.6 is 8.38 Å². The zero-order valence-corrected chi connectivity index (χ0v) is 13.8. The van der Waals surface area contributed by atoms with Gasteiger partial charge in [-0.1, -0.05) is 34.6 Å². The molecule has 0 bridgehead atoms. The third-order valence-electron chi connectivity index (χ3n) is 2.14. The summed E-state index contributed by atoms with van der Waals surface area (Å²) >= 11 is 0. The van der Waals surface area contributed by atoms with Gasteiger partial charge in [-0.15, -0.1) is 0 Å². The van der Waals surface area contributed by atoms with Crippen LogP contribution in [0.2, 0.25) is 0 Å². The van der Waals surface area contributed by atoms with Gasteiger partial charge in [-0.05, 0) is 6.42 Å². The van der Waals surface area contributed by atoms with E-state index in [-0.39, 0.29) is 37.4 Å². The van der Waals surface area contributed by atoms with Crippen molar-refractivity contribution in [1.82, 2.24) is 0 Å². The fourth-order valence-electron chi connectivity index (χ4n) is 0.969. The number of ether oxygens (including phenoxy) is 2. The van der Waals surface area contributed by atoms with Crippen molar-refractivity contribution in [3.05, 3.63) is 0 Å². The van der Waals surface area contributed by atoms with Crippen LogP contribution in [0.15, 0.2) is 0 Å². The number of esters is 2. The first-order valence-corrected chi connectivity index (χ1v) is 8.11. The van der Waals surface area contributed by atoms with Crippen LogP contribution in [-0.4, -0.2) is 31.7 Å². The van der Waals surface area contributed by atoms with Crippen LogP contribution in [0.5, 0.6) is 0 Å². The molecule has 0 aliphatic rings. The van der Waals surface area contributed by atoms with Gasteiger partial charge < -0.3 is 9.47 Å². The van der Waals surface area contributed by atoms with Crippen molar-refractivity contribution in [1.29, 1.82) is 0 Å². The van der Waals surface area contributed by atoms with Gasteiger partial charge in [0.15, 0.2) is 22.0 Å². The molecule has 0 saturated heterocycles. The number of rotatable bonds is 10. The summed E-state index contributed by atoms with van der Waals surface area (Å²) in [5.41, 5.74) is 0. The minimum Gasteiger partial charge on any atom is -0.438 e. The van der Waals surface area contributed by atoms with Gasteiger partial charge in [0, 0.05) is 6.16 Å². The minimum absolute atomic E-state index is 0.138. The molecule has 0 atom stereocenters. The zero-order valence-electron chi connectivity index (χ0n) is 12.9. The average molecular weight is 308 g/mol. The van der Waals surface area contributed by atoms with E-state index < -0.39 is 8.38 Å². The molecule has 0 aliphatic carbocycles. The van der Waals surface area contributed by atoms with Gasteiger partial charge >= 0.3 is 11.9 Å². The SMILES string of the molecule is CCCP(OCOC(=O)C(C)C)OCOC(=O)C(C)C. The molecule has 0 aliphatic heterocycles. The topological polar surface area (TPSA) is 71.1 Å². The van der Waals surface area contributed by atoms with Crippen LogP contribution < -0.4 is 0 Å². The van der Waals surface area contributed by atoms with E-state index >= 15 is 0 Å². The Balaban J connectivity index is 3.92. The highest BCUT2D eigenvalue weighted by Crippen LogP contribution is 2.38. The van der Waals surface area contributed by atoms with E-state index in [2.05, 4.69) is 0 Å². The lowest BCUT2D eigenvalue weighted by Gasteiger charge is -2.17. The Bertz CT molecular complexity index is 267. The highest BCUT2D eigenvalue weighted by molar-refractivity contribution is 7.47. The normalized spacial score (nSPS) is 11.2. The van der Waals surface area contributed by atoms with Gasteiger partial charge in [0.2, 0.25) is 0 Å². The van der Waals surface area contributed by atoms with Crippen molar-refractivity contribution in [2.24, 2.45) is 11.8 Å². The van der Waals surface area contributed by atoms with Crippen LogP contribution in [0.25, 0.3) is 0 Å². The average Bonchev–Trinajstić information content (AvgIpc) is 2.37. The molecule has 0 radical (unpaired) electrons. The number of hydrogen-bond donors (Lipinski definition) is 0. The molecule has 0 heterocycles. The predicted molar refractivity (Wildman–Crippen MR) is 75.8 cm³/mol. The summed E-state index contributed by atoms with van der Waals surface area (Å²) in [5, 5.41) is 0. The Morgan fingerprint density at radius 1 is 0.900 bits per heavy atom. The Kier molecular flexibility index (Phi) is 10.6. The third kappa shape index (κ3) is 9.23. The number of carbonyl (C=O) groups is 2. The summed E-state index contributed by atoms with van der Waals surface area (Å²) in [6.45, 7) is 8.71. The van der Waals surface area contributed by atoms with Crippen LogP contribution in [0, 0.1) is 11.8 Å². The van der Waals surface area contributed by atoms with E-state index in [0.717, 1.165) is 6.42 Å². The summed E-state index contributed by atoms with van der Waals surface area (Å²) in [6, 6.07) is 0. The van der Waals surface area contributed by atoms with Crippen LogP contribution in [-0.2, 0) is 28.1 Å². The highest BCUT2D eigenvalue weighted by Gasteiger charge is 2.14. The molecule has 0 unspecified atom stereocenters. The maximum atomic E-state index is 11.3. The molecule has 0 aromatic heterocycles. The second kappa shape index (κ2) is 11.0. The molecule has 0 saturated carbocycles. The zero-order chi connectivity index (χ0) is 15.5. The molecule has 0 aromatic rings. The van der Waals surface area contributed by atoms with Gasteiger partial charge in [0.1, 0.15) is 0 Å².